The molecule has 4 atom stereocenters. The number of rotatable bonds is 7. The molecule has 0 amide bonds. The highest BCUT2D eigenvalue weighted by atomic mass is 35.5. The second-order valence-electron chi connectivity index (χ2n) is 16.5. The molecule has 5 rings (SSSR count). The molecule has 0 bridgehead atoms. The van der Waals surface area contributed by atoms with Crippen molar-refractivity contribution in [2.45, 2.75) is 90.9 Å². The van der Waals surface area contributed by atoms with Crippen LogP contribution in [0.15, 0.2) is 72.8 Å². The van der Waals surface area contributed by atoms with Crippen molar-refractivity contribution in [1.29, 1.82) is 0 Å². The summed E-state index contributed by atoms with van der Waals surface area (Å²) in [6.07, 6.45) is 0. The molecule has 4 aromatic carbocycles. The van der Waals surface area contributed by atoms with E-state index < -0.39 is 42.7 Å². The second kappa shape index (κ2) is 15.0. The summed E-state index contributed by atoms with van der Waals surface area (Å²) in [6.45, 7) is 26.0. The highest BCUT2D eigenvalue weighted by Gasteiger charge is 2.89. The quantitative estimate of drug-likeness (QED) is 0.162. The van der Waals surface area contributed by atoms with E-state index in [4.69, 9.17) is 92.8 Å². The lowest BCUT2D eigenvalue weighted by molar-refractivity contribution is 0.745. The molecule has 0 spiro atoms. The van der Waals surface area contributed by atoms with Crippen LogP contribution in [0, 0.1) is 0 Å². The number of hydrogen-bond acceptors (Lipinski definition) is 0. The van der Waals surface area contributed by atoms with E-state index in [2.05, 4.69) is 116 Å². The van der Waals surface area contributed by atoms with Gasteiger partial charge in [-0.15, -0.1) is 0 Å². The van der Waals surface area contributed by atoms with Gasteiger partial charge in [-0.3, -0.25) is 0 Å². The fourth-order valence-electron chi connectivity index (χ4n) is 12.5. The normalized spacial score (nSPS) is 27.1. The maximum Gasteiger partial charge on any atom is 0.0826 e. The van der Waals surface area contributed by atoms with Crippen LogP contribution in [0.2, 0.25) is 89.5 Å². The SMILES string of the molecule is CC[Si]1(c2ccc(Cl)cc2Cl)[Si](C)(C)[Si](C)(C)[Si](c2ccc(Cl)cc2Cl)(C(C)(C)C)[Si](CC)(c2ccc(Cl)cc2Cl)[Si]1(CC)c1ccc(Cl)cc1Cl. The monoisotopic (exact) mass is 952 g/mol. The van der Waals surface area contributed by atoms with Crippen LogP contribution in [0.1, 0.15) is 41.5 Å². The second-order valence-corrected chi connectivity index (χ2v) is 83.0. The topological polar surface area (TPSA) is 0 Å². The molecule has 0 N–H and O–H groups in total. The van der Waals surface area contributed by atoms with Gasteiger partial charge in [-0.1, -0.05) is 203 Å². The molecule has 0 nitrogen and oxygen atoms in total. The van der Waals surface area contributed by atoms with Crippen LogP contribution in [-0.4, -0.2) is 42.7 Å². The first-order chi connectivity index (χ1) is 24.1. The Labute approximate surface area is 356 Å². The van der Waals surface area contributed by atoms with Crippen LogP contribution in [0.4, 0.5) is 0 Å². The summed E-state index contributed by atoms with van der Waals surface area (Å²) in [5.74, 6) is 0. The maximum atomic E-state index is 7.78. The maximum absolute atomic E-state index is 7.78. The molecule has 0 radical (unpaired) electrons. The lowest BCUT2D eigenvalue weighted by atomic mass is 10.2. The van der Waals surface area contributed by atoms with Crippen molar-refractivity contribution < 1.29 is 0 Å². The minimum Gasteiger partial charge on any atom is -0.0844 e. The van der Waals surface area contributed by atoms with Crippen LogP contribution in [0.5, 0.6) is 0 Å². The first kappa shape index (κ1) is 43.6. The van der Waals surface area contributed by atoms with Crippen LogP contribution in [0.3, 0.4) is 0 Å². The van der Waals surface area contributed by atoms with Gasteiger partial charge in [0.1, 0.15) is 0 Å². The Morgan fingerprint density at radius 1 is 0.404 bits per heavy atom. The molecule has 4 unspecified atom stereocenters. The van der Waals surface area contributed by atoms with E-state index >= 15 is 0 Å². The van der Waals surface area contributed by atoms with Gasteiger partial charge < -0.3 is 0 Å². The van der Waals surface area contributed by atoms with Gasteiger partial charge in [0.15, 0.2) is 0 Å². The van der Waals surface area contributed by atoms with E-state index in [1.165, 1.54) is 20.7 Å². The van der Waals surface area contributed by atoms with Crippen molar-refractivity contribution in [2.75, 3.05) is 0 Å². The molecule has 4 aromatic rings. The molecule has 52 heavy (non-hydrogen) atoms. The van der Waals surface area contributed by atoms with Gasteiger partial charge in [0.2, 0.25) is 0 Å². The molecule has 1 saturated heterocycles. The Bertz CT molecular complexity index is 2030. The zero-order valence-electron chi connectivity index (χ0n) is 31.6. The van der Waals surface area contributed by atoms with Gasteiger partial charge in [-0.05, 0) is 74.3 Å². The lowest BCUT2D eigenvalue weighted by Crippen LogP contribution is -3.13. The lowest BCUT2D eigenvalue weighted by Gasteiger charge is -2.80. The van der Waals surface area contributed by atoms with Crippen LogP contribution < -0.4 is 20.7 Å². The smallest absolute Gasteiger partial charge is 0.0826 e. The summed E-state index contributed by atoms with van der Waals surface area (Å²) in [5, 5.41) is 10.9. The predicted molar refractivity (Wildman–Crippen MR) is 254 cm³/mol. The van der Waals surface area contributed by atoms with E-state index in [-0.39, 0.29) is 5.04 Å². The Morgan fingerprint density at radius 2 is 0.692 bits per heavy atom. The summed E-state index contributed by atoms with van der Waals surface area (Å²) in [7, 11) is -16.8. The molecule has 280 valence electrons. The van der Waals surface area contributed by atoms with E-state index in [0.29, 0.717) is 20.1 Å². The van der Waals surface area contributed by atoms with E-state index in [0.717, 1.165) is 38.2 Å². The number of halogens is 8. The van der Waals surface area contributed by atoms with Crippen molar-refractivity contribution in [2.24, 2.45) is 0 Å². The molecule has 1 aliphatic rings. The zero-order chi connectivity index (χ0) is 39.0. The summed E-state index contributed by atoms with van der Waals surface area (Å²) < 4.78 is 0. The number of hydrogen-bond donors (Lipinski definition) is 0. The van der Waals surface area contributed by atoms with Gasteiger partial charge in [-0.2, -0.15) is 0 Å². The fraction of sp³-hybridized carbons (Fsp3) is 0.368. The minimum atomic E-state index is -3.08. The van der Waals surface area contributed by atoms with E-state index in [9.17, 15) is 0 Å². The van der Waals surface area contributed by atoms with Crippen molar-refractivity contribution in [3.63, 3.8) is 0 Å². The van der Waals surface area contributed by atoms with Gasteiger partial charge in [-0.25, -0.2) is 0 Å². The molecule has 1 aliphatic heterocycles. The highest BCUT2D eigenvalue weighted by Crippen LogP contribution is 2.62. The Hall–Kier alpha value is 0.501. The molecular formula is C38H48Cl8Si6. The Kier molecular flexibility index (Phi) is 12.6. The van der Waals surface area contributed by atoms with E-state index in [1.807, 2.05) is 24.3 Å². The summed E-state index contributed by atoms with van der Waals surface area (Å²) in [6, 6.07) is 28.6. The fourth-order valence-corrected chi connectivity index (χ4v) is 269. The van der Waals surface area contributed by atoms with Crippen LogP contribution in [-0.2, 0) is 0 Å². The zero-order valence-corrected chi connectivity index (χ0v) is 43.6. The molecule has 1 heterocycles. The van der Waals surface area contributed by atoms with Crippen molar-refractivity contribution >= 4 is 156 Å². The molecule has 0 aliphatic carbocycles. The third-order valence-electron chi connectivity index (χ3n) is 13.9. The highest BCUT2D eigenvalue weighted by molar-refractivity contribution is 8.19. The van der Waals surface area contributed by atoms with Crippen molar-refractivity contribution in [1.82, 2.24) is 0 Å². The summed E-state index contributed by atoms with van der Waals surface area (Å²) >= 11 is 58.1. The van der Waals surface area contributed by atoms with Gasteiger partial charge >= 0.3 is 0 Å². The molecular weight excluding hydrogens is 909 g/mol. The molecule has 0 aromatic heterocycles. The summed E-state index contributed by atoms with van der Waals surface area (Å²) in [4.78, 5) is 0. The molecule has 14 heteroatoms. The van der Waals surface area contributed by atoms with Gasteiger partial charge in [0.05, 0.1) is 28.4 Å². The minimum absolute atomic E-state index is 0.139. The predicted octanol–water partition coefficient (Wildman–Crippen LogP) is 13.4. The van der Waals surface area contributed by atoms with E-state index in [1.54, 1.807) is 0 Å². The third kappa shape index (κ3) is 5.61. The first-order valence-electron chi connectivity index (χ1n) is 17.9. The molecule has 0 saturated carbocycles. The third-order valence-corrected chi connectivity index (χ3v) is 156. The molecule has 1 fully saturated rings. The van der Waals surface area contributed by atoms with Crippen molar-refractivity contribution in [3.8, 4) is 0 Å². The first-order valence-corrected chi connectivity index (χ1v) is 41.5. The van der Waals surface area contributed by atoms with Crippen LogP contribution >= 0.6 is 92.8 Å². The Morgan fingerprint density at radius 3 is 0.981 bits per heavy atom. The van der Waals surface area contributed by atoms with Crippen LogP contribution in [0.25, 0.3) is 0 Å². The average Bonchev–Trinajstić information content (AvgIpc) is 3.03. The van der Waals surface area contributed by atoms with Crippen molar-refractivity contribution in [3.05, 3.63) is 113 Å². The number of benzene rings is 4. The van der Waals surface area contributed by atoms with Gasteiger partial charge in [0, 0.05) is 54.4 Å². The Balaban J connectivity index is 2.34. The standard InChI is InChI=1S/C38H48Cl8Si6/c1-11-49(34-18-14-26(39)22-30(34)43)47(7,8)48(9,10)52(38(4,5)6,37-21-17-29(42)25-33(37)46)51(13-3,36-20-16-28(41)24-32(36)45)50(49,12-2)35-19-15-27(40)23-31(35)44/h14-25H,11-13H2,1-10H3. The van der Waals surface area contributed by atoms with Gasteiger partial charge in [0.25, 0.3) is 0 Å². The summed E-state index contributed by atoms with van der Waals surface area (Å²) in [5.41, 5.74) is 0. The largest absolute Gasteiger partial charge is 0.0844 e. The average molecular weight is 957 g/mol.